The van der Waals surface area contributed by atoms with E-state index >= 15 is 0 Å². The fourth-order valence-electron chi connectivity index (χ4n) is 2.51. The molecule has 5 heteroatoms. The highest BCUT2D eigenvalue weighted by molar-refractivity contribution is 9.10. The summed E-state index contributed by atoms with van der Waals surface area (Å²) in [6, 6.07) is 4.11. The van der Waals surface area contributed by atoms with Crippen molar-refractivity contribution in [2.45, 2.75) is 25.6 Å². The lowest BCUT2D eigenvalue weighted by atomic mass is 9.93. The Hall–Kier alpha value is -0.650. The van der Waals surface area contributed by atoms with Crippen molar-refractivity contribution in [3.05, 3.63) is 22.8 Å². The second-order valence-electron chi connectivity index (χ2n) is 4.90. The molecule has 106 valence electrons. The van der Waals surface area contributed by atoms with Crippen LogP contribution in [0.4, 0.5) is 5.82 Å². The molecular formula is C14H21BrN2O2. The number of hydrogen-bond acceptors (Lipinski definition) is 4. The third-order valence-electron chi connectivity index (χ3n) is 3.70. The molecule has 1 aromatic rings. The van der Waals surface area contributed by atoms with Crippen LogP contribution >= 0.6 is 15.9 Å². The van der Waals surface area contributed by atoms with Gasteiger partial charge in [0.05, 0.1) is 0 Å². The van der Waals surface area contributed by atoms with Crippen LogP contribution in [0.15, 0.2) is 22.8 Å². The lowest BCUT2D eigenvalue weighted by Crippen LogP contribution is -2.35. The molecule has 4 nitrogen and oxygen atoms in total. The zero-order valence-corrected chi connectivity index (χ0v) is 13.1. The van der Waals surface area contributed by atoms with E-state index in [-0.39, 0.29) is 6.29 Å². The van der Waals surface area contributed by atoms with Gasteiger partial charge in [0.1, 0.15) is 5.82 Å². The Kier molecular flexibility index (Phi) is 5.60. The first-order valence-corrected chi connectivity index (χ1v) is 7.44. The number of hydrogen-bond donors (Lipinski definition) is 0. The van der Waals surface area contributed by atoms with Crippen LogP contribution in [0.5, 0.6) is 0 Å². The Morgan fingerprint density at radius 1 is 1.32 bits per heavy atom. The Morgan fingerprint density at radius 3 is 2.53 bits per heavy atom. The Morgan fingerprint density at radius 2 is 2.00 bits per heavy atom. The van der Waals surface area contributed by atoms with Crippen LogP contribution in [0, 0.1) is 5.92 Å². The van der Waals surface area contributed by atoms with Crippen molar-refractivity contribution in [1.29, 1.82) is 0 Å². The zero-order chi connectivity index (χ0) is 13.7. The maximum atomic E-state index is 5.27. The van der Waals surface area contributed by atoms with Crippen LogP contribution in [0.2, 0.25) is 0 Å². The first kappa shape index (κ1) is 14.8. The fraction of sp³-hybridized carbons (Fsp3) is 0.643. The molecule has 19 heavy (non-hydrogen) atoms. The van der Waals surface area contributed by atoms with Crippen molar-refractivity contribution < 1.29 is 9.47 Å². The van der Waals surface area contributed by atoms with Crippen molar-refractivity contribution in [1.82, 2.24) is 4.98 Å². The van der Waals surface area contributed by atoms with E-state index < -0.39 is 0 Å². The second-order valence-corrected chi connectivity index (χ2v) is 5.82. The first-order valence-electron chi connectivity index (χ1n) is 6.65. The van der Waals surface area contributed by atoms with Gasteiger partial charge in [0.25, 0.3) is 0 Å². The topological polar surface area (TPSA) is 34.6 Å². The third kappa shape index (κ3) is 4.16. The normalized spacial score (nSPS) is 17.2. The molecule has 0 bridgehead atoms. The van der Waals surface area contributed by atoms with Gasteiger partial charge in [0.15, 0.2) is 6.29 Å². The molecule has 0 amide bonds. The predicted octanol–water partition coefficient (Wildman–Crippen LogP) is 3.07. The van der Waals surface area contributed by atoms with E-state index in [0.29, 0.717) is 5.92 Å². The summed E-state index contributed by atoms with van der Waals surface area (Å²) in [4.78, 5) is 6.79. The van der Waals surface area contributed by atoms with E-state index in [2.05, 4.69) is 31.9 Å². The summed E-state index contributed by atoms with van der Waals surface area (Å²) in [5.41, 5.74) is 0. The number of methoxy groups -OCH3 is 2. The van der Waals surface area contributed by atoms with E-state index in [1.54, 1.807) is 14.2 Å². The van der Waals surface area contributed by atoms with Crippen molar-refractivity contribution >= 4 is 21.7 Å². The molecule has 1 aliphatic rings. The monoisotopic (exact) mass is 328 g/mol. The van der Waals surface area contributed by atoms with E-state index in [4.69, 9.17) is 9.47 Å². The van der Waals surface area contributed by atoms with Gasteiger partial charge in [0, 0.05) is 44.4 Å². The molecule has 1 saturated heterocycles. The van der Waals surface area contributed by atoms with Gasteiger partial charge in [-0.3, -0.25) is 0 Å². The van der Waals surface area contributed by atoms with Crippen molar-refractivity contribution in [2.24, 2.45) is 5.92 Å². The average molecular weight is 329 g/mol. The number of piperidine rings is 1. The molecule has 0 spiro atoms. The van der Waals surface area contributed by atoms with Crippen molar-refractivity contribution in [2.75, 3.05) is 32.2 Å². The number of rotatable bonds is 5. The summed E-state index contributed by atoms with van der Waals surface area (Å²) in [6.45, 7) is 2.11. The van der Waals surface area contributed by atoms with E-state index in [1.165, 1.54) is 12.8 Å². The molecule has 1 aromatic heterocycles. The summed E-state index contributed by atoms with van der Waals surface area (Å²) in [5.74, 6) is 1.74. The van der Waals surface area contributed by atoms with Crippen LogP contribution < -0.4 is 4.90 Å². The van der Waals surface area contributed by atoms with E-state index in [0.717, 1.165) is 29.8 Å². The fourth-order valence-corrected chi connectivity index (χ4v) is 2.75. The molecule has 2 heterocycles. The summed E-state index contributed by atoms with van der Waals surface area (Å²) >= 11 is 3.41. The minimum atomic E-state index is -0.0673. The van der Waals surface area contributed by atoms with Gasteiger partial charge in [-0.25, -0.2) is 4.98 Å². The summed E-state index contributed by atoms with van der Waals surface area (Å²) in [7, 11) is 3.41. The van der Waals surface area contributed by atoms with Gasteiger partial charge in [-0.1, -0.05) is 0 Å². The smallest absolute Gasteiger partial charge is 0.157 e. The van der Waals surface area contributed by atoms with Gasteiger partial charge < -0.3 is 14.4 Å². The SMILES string of the molecule is COC(CC1CCN(c2ccc(Br)cn2)CC1)OC. The number of pyridine rings is 1. The van der Waals surface area contributed by atoms with E-state index in [1.807, 2.05) is 12.3 Å². The number of nitrogens with zero attached hydrogens (tertiary/aromatic N) is 2. The maximum Gasteiger partial charge on any atom is 0.157 e. The van der Waals surface area contributed by atoms with Crippen LogP contribution in [0.1, 0.15) is 19.3 Å². The summed E-state index contributed by atoms with van der Waals surface area (Å²) in [5, 5.41) is 0. The molecule has 0 N–H and O–H groups in total. The zero-order valence-electron chi connectivity index (χ0n) is 11.5. The average Bonchev–Trinajstić information content (AvgIpc) is 2.46. The van der Waals surface area contributed by atoms with Gasteiger partial charge in [0.2, 0.25) is 0 Å². The highest BCUT2D eigenvalue weighted by atomic mass is 79.9. The van der Waals surface area contributed by atoms with Crippen LogP contribution in [0.25, 0.3) is 0 Å². The number of aromatic nitrogens is 1. The highest BCUT2D eigenvalue weighted by Gasteiger charge is 2.22. The van der Waals surface area contributed by atoms with Crippen molar-refractivity contribution in [3.8, 4) is 0 Å². The van der Waals surface area contributed by atoms with Crippen LogP contribution in [-0.4, -0.2) is 38.6 Å². The van der Waals surface area contributed by atoms with Gasteiger partial charge in [-0.05, 0) is 46.8 Å². The van der Waals surface area contributed by atoms with Crippen LogP contribution in [0.3, 0.4) is 0 Å². The molecule has 0 atom stereocenters. The first-order chi connectivity index (χ1) is 9.22. The van der Waals surface area contributed by atoms with Crippen molar-refractivity contribution in [3.63, 3.8) is 0 Å². The largest absolute Gasteiger partial charge is 0.357 e. The summed E-state index contributed by atoms with van der Waals surface area (Å²) < 4.78 is 11.6. The molecule has 0 aromatic carbocycles. The Bertz CT molecular complexity index is 374. The molecule has 1 aliphatic heterocycles. The number of halogens is 1. The predicted molar refractivity (Wildman–Crippen MR) is 79.3 cm³/mol. The lowest BCUT2D eigenvalue weighted by molar-refractivity contribution is -0.115. The minimum Gasteiger partial charge on any atom is -0.357 e. The van der Waals surface area contributed by atoms with Gasteiger partial charge >= 0.3 is 0 Å². The minimum absolute atomic E-state index is 0.0673. The summed E-state index contributed by atoms with van der Waals surface area (Å²) in [6.07, 6.45) is 5.10. The lowest BCUT2D eigenvalue weighted by Gasteiger charge is -2.33. The quantitative estimate of drug-likeness (QED) is 0.778. The molecule has 0 aliphatic carbocycles. The van der Waals surface area contributed by atoms with E-state index in [9.17, 15) is 0 Å². The van der Waals surface area contributed by atoms with Crippen LogP contribution in [-0.2, 0) is 9.47 Å². The molecule has 1 fully saturated rings. The Balaban J connectivity index is 1.83. The molecule has 2 rings (SSSR count). The molecule has 0 radical (unpaired) electrons. The molecule has 0 saturated carbocycles. The Labute approximate surface area is 123 Å². The molecule has 0 unspecified atom stereocenters. The van der Waals surface area contributed by atoms with Gasteiger partial charge in [-0.15, -0.1) is 0 Å². The second kappa shape index (κ2) is 7.22. The number of anilines is 1. The maximum absolute atomic E-state index is 5.27. The third-order valence-corrected chi connectivity index (χ3v) is 4.17. The standard InChI is InChI=1S/C14H21BrN2O2/c1-18-14(19-2)9-11-5-7-17(8-6-11)13-4-3-12(15)10-16-13/h3-4,10-11,14H,5-9H2,1-2H3. The molecular weight excluding hydrogens is 308 g/mol. The number of ether oxygens (including phenoxy) is 2. The van der Waals surface area contributed by atoms with Gasteiger partial charge in [-0.2, -0.15) is 0 Å². The highest BCUT2D eigenvalue weighted by Crippen LogP contribution is 2.26.